The lowest BCUT2D eigenvalue weighted by Crippen LogP contribution is -2.11. The van der Waals surface area contributed by atoms with Crippen molar-refractivity contribution in [1.82, 2.24) is 0 Å². The molecule has 1 atom stereocenters. The van der Waals surface area contributed by atoms with Crippen molar-refractivity contribution in [1.29, 1.82) is 0 Å². The van der Waals surface area contributed by atoms with Crippen LogP contribution in [0.2, 0.25) is 0 Å². The standard InChI is InChI=1S/C10H20N2O/c1-4-10(8(2)13)6-5-7-12-9(3)11/h10H,4-7H2,1-3H3,(H2,11,12)/t10-/m0/s1. The number of Topliss-reactive ketones (excluding diaryl/α,β-unsaturated/α-hetero) is 1. The Labute approximate surface area is 80.4 Å². The molecule has 0 aromatic heterocycles. The highest BCUT2D eigenvalue weighted by Crippen LogP contribution is 2.11. The van der Waals surface area contributed by atoms with Crippen LogP contribution in [0.1, 0.15) is 40.0 Å². The zero-order chi connectivity index (χ0) is 10.3. The molecule has 0 saturated heterocycles. The molecule has 0 aliphatic carbocycles. The molecule has 0 aliphatic rings. The molecule has 76 valence electrons. The van der Waals surface area contributed by atoms with E-state index < -0.39 is 0 Å². The van der Waals surface area contributed by atoms with Crippen molar-refractivity contribution in [3.05, 3.63) is 0 Å². The van der Waals surface area contributed by atoms with Crippen molar-refractivity contribution in [2.24, 2.45) is 16.6 Å². The van der Waals surface area contributed by atoms with Gasteiger partial charge in [-0.15, -0.1) is 0 Å². The van der Waals surface area contributed by atoms with Gasteiger partial charge in [0.15, 0.2) is 0 Å². The first-order valence-corrected chi connectivity index (χ1v) is 4.84. The van der Waals surface area contributed by atoms with E-state index in [0.29, 0.717) is 5.84 Å². The summed E-state index contributed by atoms with van der Waals surface area (Å²) in [5, 5.41) is 0. The topological polar surface area (TPSA) is 55.4 Å². The summed E-state index contributed by atoms with van der Waals surface area (Å²) in [6.45, 7) is 6.23. The molecule has 0 fully saturated rings. The number of rotatable bonds is 6. The van der Waals surface area contributed by atoms with Crippen LogP contribution in [0.4, 0.5) is 0 Å². The molecule has 0 unspecified atom stereocenters. The summed E-state index contributed by atoms with van der Waals surface area (Å²) in [5.74, 6) is 1.13. The smallest absolute Gasteiger partial charge is 0.132 e. The van der Waals surface area contributed by atoms with Crippen LogP contribution in [0.5, 0.6) is 0 Å². The summed E-state index contributed by atoms with van der Waals surface area (Å²) in [4.78, 5) is 15.1. The molecule has 3 heteroatoms. The molecule has 0 spiro atoms. The predicted octanol–water partition coefficient (Wildman–Crippen LogP) is 1.76. The quantitative estimate of drug-likeness (QED) is 0.388. The maximum atomic E-state index is 11.0. The van der Waals surface area contributed by atoms with Crippen LogP contribution in [0.3, 0.4) is 0 Å². The lowest BCUT2D eigenvalue weighted by atomic mass is 9.96. The minimum absolute atomic E-state index is 0.216. The molecule has 0 aliphatic heterocycles. The van der Waals surface area contributed by atoms with Gasteiger partial charge in [-0.3, -0.25) is 9.79 Å². The first-order valence-electron chi connectivity index (χ1n) is 4.84. The number of nitrogens with two attached hydrogens (primary N) is 1. The van der Waals surface area contributed by atoms with E-state index in [1.54, 1.807) is 13.8 Å². The molecule has 0 rings (SSSR count). The average molecular weight is 184 g/mol. The third kappa shape index (κ3) is 6.31. The Morgan fingerprint density at radius 1 is 1.46 bits per heavy atom. The van der Waals surface area contributed by atoms with Gasteiger partial charge in [0.05, 0.1) is 5.84 Å². The lowest BCUT2D eigenvalue weighted by molar-refractivity contribution is -0.121. The van der Waals surface area contributed by atoms with Crippen molar-refractivity contribution in [2.45, 2.75) is 40.0 Å². The van der Waals surface area contributed by atoms with Gasteiger partial charge in [-0.25, -0.2) is 0 Å². The van der Waals surface area contributed by atoms with E-state index in [9.17, 15) is 4.79 Å². The monoisotopic (exact) mass is 184 g/mol. The first kappa shape index (κ1) is 12.1. The van der Waals surface area contributed by atoms with Crippen LogP contribution in [0, 0.1) is 5.92 Å². The van der Waals surface area contributed by atoms with E-state index in [0.717, 1.165) is 25.8 Å². The van der Waals surface area contributed by atoms with Crippen molar-refractivity contribution >= 4 is 11.6 Å². The summed E-state index contributed by atoms with van der Waals surface area (Å²) >= 11 is 0. The van der Waals surface area contributed by atoms with Gasteiger partial charge in [-0.2, -0.15) is 0 Å². The second-order valence-electron chi connectivity index (χ2n) is 3.38. The Morgan fingerprint density at radius 2 is 2.08 bits per heavy atom. The fourth-order valence-electron chi connectivity index (χ4n) is 1.29. The van der Waals surface area contributed by atoms with Crippen LogP contribution in [-0.4, -0.2) is 18.2 Å². The number of aliphatic imine (C=N–C) groups is 1. The largest absolute Gasteiger partial charge is 0.388 e. The summed E-state index contributed by atoms with van der Waals surface area (Å²) in [6.07, 6.45) is 2.82. The molecule has 0 radical (unpaired) electrons. The van der Waals surface area contributed by atoms with E-state index in [2.05, 4.69) is 4.99 Å². The number of amidine groups is 1. The van der Waals surface area contributed by atoms with E-state index in [-0.39, 0.29) is 11.7 Å². The highest BCUT2D eigenvalue weighted by Gasteiger charge is 2.10. The third-order valence-electron chi connectivity index (χ3n) is 2.14. The Kier molecular flexibility index (Phi) is 6.20. The molecular weight excluding hydrogens is 164 g/mol. The van der Waals surface area contributed by atoms with E-state index in [1.807, 2.05) is 6.92 Å². The summed E-state index contributed by atoms with van der Waals surface area (Å²) in [6, 6.07) is 0. The van der Waals surface area contributed by atoms with Gasteiger partial charge in [0.25, 0.3) is 0 Å². The number of carbonyl (C=O) groups excluding carboxylic acids is 1. The second-order valence-corrected chi connectivity index (χ2v) is 3.38. The van der Waals surface area contributed by atoms with Gasteiger partial charge < -0.3 is 5.73 Å². The Hall–Kier alpha value is -0.860. The maximum Gasteiger partial charge on any atom is 0.132 e. The highest BCUT2D eigenvalue weighted by atomic mass is 16.1. The van der Waals surface area contributed by atoms with Crippen molar-refractivity contribution in [3.63, 3.8) is 0 Å². The second kappa shape index (κ2) is 6.63. The fourth-order valence-corrected chi connectivity index (χ4v) is 1.29. The van der Waals surface area contributed by atoms with E-state index >= 15 is 0 Å². The Bertz CT molecular complexity index is 183. The molecule has 0 aromatic rings. The molecule has 0 bridgehead atoms. The first-order chi connectivity index (χ1) is 6.07. The fraction of sp³-hybridized carbons (Fsp3) is 0.800. The predicted molar refractivity (Wildman–Crippen MR) is 55.9 cm³/mol. The van der Waals surface area contributed by atoms with Crippen molar-refractivity contribution in [3.8, 4) is 0 Å². The zero-order valence-corrected chi connectivity index (χ0v) is 8.84. The van der Waals surface area contributed by atoms with Crippen LogP contribution in [0.25, 0.3) is 0 Å². The Balaban J connectivity index is 3.62. The lowest BCUT2D eigenvalue weighted by Gasteiger charge is -2.09. The summed E-state index contributed by atoms with van der Waals surface area (Å²) < 4.78 is 0. The normalized spacial score (nSPS) is 14.2. The van der Waals surface area contributed by atoms with Crippen LogP contribution >= 0.6 is 0 Å². The van der Waals surface area contributed by atoms with Gasteiger partial charge in [-0.1, -0.05) is 6.92 Å². The van der Waals surface area contributed by atoms with E-state index in [4.69, 9.17) is 5.73 Å². The third-order valence-corrected chi connectivity index (χ3v) is 2.14. The highest BCUT2D eigenvalue weighted by molar-refractivity contribution is 5.78. The van der Waals surface area contributed by atoms with Crippen molar-refractivity contribution in [2.75, 3.05) is 6.54 Å². The minimum atomic E-state index is 0.216. The SMILES string of the molecule is CC[C@@H](CCCN=C(C)N)C(C)=O. The van der Waals surface area contributed by atoms with Gasteiger partial charge >= 0.3 is 0 Å². The number of hydrogen-bond acceptors (Lipinski definition) is 2. The zero-order valence-electron chi connectivity index (χ0n) is 8.84. The molecule has 0 heterocycles. The number of ketones is 1. The molecule has 0 amide bonds. The van der Waals surface area contributed by atoms with E-state index in [1.165, 1.54) is 0 Å². The number of hydrogen-bond donors (Lipinski definition) is 1. The molecule has 0 saturated carbocycles. The average Bonchev–Trinajstić information content (AvgIpc) is 2.03. The molecule has 3 nitrogen and oxygen atoms in total. The summed E-state index contributed by atoms with van der Waals surface area (Å²) in [7, 11) is 0. The molecular formula is C10H20N2O. The minimum Gasteiger partial charge on any atom is -0.388 e. The van der Waals surface area contributed by atoms with Crippen LogP contribution in [-0.2, 0) is 4.79 Å². The summed E-state index contributed by atoms with van der Waals surface area (Å²) in [5.41, 5.74) is 5.38. The molecule has 13 heavy (non-hydrogen) atoms. The molecule has 2 N–H and O–H groups in total. The number of nitrogens with zero attached hydrogens (tertiary/aromatic N) is 1. The Morgan fingerprint density at radius 3 is 2.46 bits per heavy atom. The van der Waals surface area contributed by atoms with Gasteiger partial charge in [0.1, 0.15) is 5.78 Å². The molecule has 0 aromatic carbocycles. The van der Waals surface area contributed by atoms with Crippen LogP contribution in [0.15, 0.2) is 4.99 Å². The maximum absolute atomic E-state index is 11.0. The van der Waals surface area contributed by atoms with Gasteiger partial charge in [0.2, 0.25) is 0 Å². The van der Waals surface area contributed by atoms with Gasteiger partial charge in [-0.05, 0) is 33.1 Å². The van der Waals surface area contributed by atoms with Crippen molar-refractivity contribution < 1.29 is 4.79 Å². The van der Waals surface area contributed by atoms with Crippen LogP contribution < -0.4 is 5.73 Å². The number of carbonyl (C=O) groups is 1. The van der Waals surface area contributed by atoms with Gasteiger partial charge in [0, 0.05) is 12.5 Å².